The quantitative estimate of drug-likeness (QED) is 0.789. The Bertz CT molecular complexity index is 973. The van der Waals surface area contributed by atoms with Crippen molar-refractivity contribution in [1.29, 1.82) is 0 Å². The highest BCUT2D eigenvalue weighted by Crippen LogP contribution is 2.31. The van der Waals surface area contributed by atoms with Gasteiger partial charge in [0.15, 0.2) is 6.61 Å². The van der Waals surface area contributed by atoms with Gasteiger partial charge >= 0.3 is 0 Å². The van der Waals surface area contributed by atoms with E-state index in [4.69, 9.17) is 9.88 Å². The lowest BCUT2D eigenvalue weighted by atomic mass is 10.1. The molecule has 3 N–H and O–H groups in total. The lowest BCUT2D eigenvalue weighted by molar-refractivity contribution is -0.125. The third-order valence-corrected chi connectivity index (χ3v) is 5.13. The summed E-state index contributed by atoms with van der Waals surface area (Å²) in [7, 11) is -3.77. The molecule has 2 amide bonds. The third kappa shape index (κ3) is 4.26. The lowest BCUT2D eigenvalue weighted by Crippen LogP contribution is -2.45. The van der Waals surface area contributed by atoms with Crippen LogP contribution in [0.25, 0.3) is 0 Å². The van der Waals surface area contributed by atoms with Crippen LogP contribution in [0.3, 0.4) is 0 Å². The van der Waals surface area contributed by atoms with Crippen molar-refractivity contribution in [3.05, 3.63) is 54.1 Å². The SMILES string of the molecule is C[C@@H](NC(=O)CN1C(=O)COc2ccccc21)c1ccc(S(N)(=O)=O)cc1. The summed E-state index contributed by atoms with van der Waals surface area (Å²) in [5.41, 5.74) is 1.26. The van der Waals surface area contributed by atoms with E-state index >= 15 is 0 Å². The number of para-hydroxylation sites is 2. The first kappa shape index (κ1) is 18.9. The fraction of sp³-hybridized carbons (Fsp3) is 0.222. The molecule has 0 aliphatic carbocycles. The lowest BCUT2D eigenvalue weighted by Gasteiger charge is -2.29. The zero-order chi connectivity index (χ0) is 19.6. The maximum atomic E-state index is 12.4. The van der Waals surface area contributed by atoms with Gasteiger partial charge in [-0.25, -0.2) is 13.6 Å². The van der Waals surface area contributed by atoms with Gasteiger partial charge in [0.1, 0.15) is 12.3 Å². The molecule has 27 heavy (non-hydrogen) atoms. The molecule has 0 aromatic heterocycles. The van der Waals surface area contributed by atoms with E-state index in [9.17, 15) is 18.0 Å². The molecule has 1 heterocycles. The average molecular weight is 389 g/mol. The summed E-state index contributed by atoms with van der Waals surface area (Å²) in [6, 6.07) is 12.6. The Labute approximate surface area is 157 Å². The highest BCUT2D eigenvalue weighted by atomic mass is 32.2. The number of anilines is 1. The second-order valence-electron chi connectivity index (χ2n) is 6.14. The number of carbonyl (C=O) groups excluding carboxylic acids is 2. The molecule has 8 nitrogen and oxygen atoms in total. The van der Waals surface area contributed by atoms with Crippen molar-refractivity contribution < 1.29 is 22.7 Å². The highest BCUT2D eigenvalue weighted by molar-refractivity contribution is 7.89. The summed E-state index contributed by atoms with van der Waals surface area (Å²) >= 11 is 0. The number of hydrogen-bond acceptors (Lipinski definition) is 5. The zero-order valence-corrected chi connectivity index (χ0v) is 15.4. The van der Waals surface area contributed by atoms with Crippen molar-refractivity contribution in [3.63, 3.8) is 0 Å². The van der Waals surface area contributed by atoms with E-state index in [1.807, 2.05) is 0 Å². The molecule has 0 fully saturated rings. The smallest absolute Gasteiger partial charge is 0.265 e. The highest BCUT2D eigenvalue weighted by Gasteiger charge is 2.27. The van der Waals surface area contributed by atoms with Gasteiger partial charge in [-0.2, -0.15) is 0 Å². The van der Waals surface area contributed by atoms with Crippen LogP contribution in [-0.2, 0) is 19.6 Å². The Morgan fingerprint density at radius 3 is 2.56 bits per heavy atom. The van der Waals surface area contributed by atoms with E-state index in [1.54, 1.807) is 43.3 Å². The molecule has 0 radical (unpaired) electrons. The van der Waals surface area contributed by atoms with E-state index < -0.39 is 10.0 Å². The number of nitrogens with one attached hydrogen (secondary N) is 1. The van der Waals surface area contributed by atoms with Gasteiger partial charge in [0.25, 0.3) is 5.91 Å². The topological polar surface area (TPSA) is 119 Å². The Balaban J connectivity index is 1.68. The minimum Gasteiger partial charge on any atom is -0.482 e. The molecular weight excluding hydrogens is 370 g/mol. The van der Waals surface area contributed by atoms with E-state index in [0.717, 1.165) is 0 Å². The summed E-state index contributed by atoms with van der Waals surface area (Å²) < 4.78 is 28.0. The van der Waals surface area contributed by atoms with Gasteiger partial charge in [-0.1, -0.05) is 24.3 Å². The molecule has 1 aliphatic rings. The van der Waals surface area contributed by atoms with Crippen LogP contribution in [0.15, 0.2) is 53.4 Å². The van der Waals surface area contributed by atoms with Crippen LogP contribution >= 0.6 is 0 Å². The van der Waals surface area contributed by atoms with Crippen LogP contribution in [-0.4, -0.2) is 33.4 Å². The molecule has 0 saturated heterocycles. The number of primary sulfonamides is 1. The second kappa shape index (κ2) is 7.37. The second-order valence-corrected chi connectivity index (χ2v) is 7.70. The van der Waals surface area contributed by atoms with E-state index in [-0.39, 0.29) is 35.9 Å². The van der Waals surface area contributed by atoms with Crippen LogP contribution in [0.1, 0.15) is 18.5 Å². The predicted molar refractivity (Wildman–Crippen MR) is 98.7 cm³/mol. The molecule has 142 valence electrons. The number of carbonyl (C=O) groups is 2. The van der Waals surface area contributed by atoms with Crippen LogP contribution in [0, 0.1) is 0 Å². The number of hydrogen-bond donors (Lipinski definition) is 2. The maximum absolute atomic E-state index is 12.4. The van der Waals surface area contributed by atoms with Gasteiger partial charge in [-0.15, -0.1) is 0 Å². The summed E-state index contributed by atoms with van der Waals surface area (Å²) in [5, 5.41) is 7.87. The first-order valence-corrected chi connectivity index (χ1v) is 9.74. The molecule has 0 bridgehead atoms. The van der Waals surface area contributed by atoms with Gasteiger partial charge in [0.05, 0.1) is 16.6 Å². The first-order chi connectivity index (χ1) is 12.8. The molecule has 2 aromatic rings. The van der Waals surface area contributed by atoms with Gasteiger partial charge in [0.2, 0.25) is 15.9 Å². The molecule has 1 atom stereocenters. The van der Waals surface area contributed by atoms with Crippen molar-refractivity contribution in [1.82, 2.24) is 5.32 Å². The number of nitrogens with two attached hydrogens (primary N) is 1. The minimum absolute atomic E-state index is 0.000275. The van der Waals surface area contributed by atoms with E-state index in [1.165, 1.54) is 17.0 Å². The van der Waals surface area contributed by atoms with Crippen molar-refractivity contribution in [2.75, 3.05) is 18.1 Å². The number of fused-ring (bicyclic) bond motifs is 1. The molecule has 0 spiro atoms. The Hall–Kier alpha value is -2.91. The van der Waals surface area contributed by atoms with Crippen LogP contribution in [0.5, 0.6) is 5.75 Å². The summed E-state index contributed by atoms with van der Waals surface area (Å²) in [6.45, 7) is 1.51. The zero-order valence-electron chi connectivity index (χ0n) is 14.6. The minimum atomic E-state index is -3.77. The van der Waals surface area contributed by atoms with Crippen LogP contribution in [0.4, 0.5) is 5.69 Å². The largest absolute Gasteiger partial charge is 0.482 e. The van der Waals surface area contributed by atoms with Crippen molar-refractivity contribution in [3.8, 4) is 5.75 Å². The van der Waals surface area contributed by atoms with Gasteiger partial charge in [-0.05, 0) is 36.8 Å². The molecule has 1 aliphatic heterocycles. The summed E-state index contributed by atoms with van der Waals surface area (Å²) in [5.74, 6) is -0.0892. The molecule has 3 rings (SSSR count). The van der Waals surface area contributed by atoms with Crippen molar-refractivity contribution >= 4 is 27.5 Å². The standard InChI is InChI=1S/C18H19N3O5S/c1-12(13-6-8-14(9-7-13)27(19,24)25)20-17(22)10-21-15-4-2-3-5-16(15)26-11-18(21)23/h2-9,12H,10-11H2,1H3,(H,20,22)(H2,19,24,25)/t12-/m1/s1. The fourth-order valence-corrected chi connectivity index (χ4v) is 3.30. The third-order valence-electron chi connectivity index (χ3n) is 4.20. The number of nitrogens with zero attached hydrogens (tertiary/aromatic N) is 1. The van der Waals surface area contributed by atoms with Gasteiger partial charge < -0.3 is 10.1 Å². The molecule has 0 saturated carbocycles. The summed E-state index contributed by atoms with van der Waals surface area (Å²) in [6.07, 6.45) is 0. The number of amides is 2. The molecule has 0 unspecified atom stereocenters. The molecular formula is C18H19N3O5S. The number of benzene rings is 2. The normalized spacial score (nSPS) is 14.9. The van der Waals surface area contributed by atoms with Crippen LogP contribution in [0.2, 0.25) is 0 Å². The Morgan fingerprint density at radius 2 is 1.89 bits per heavy atom. The first-order valence-electron chi connectivity index (χ1n) is 8.20. The van der Waals surface area contributed by atoms with Crippen molar-refractivity contribution in [2.24, 2.45) is 5.14 Å². The number of ether oxygens (including phenoxy) is 1. The molecule has 2 aromatic carbocycles. The van der Waals surface area contributed by atoms with E-state index in [0.29, 0.717) is 17.0 Å². The Kier molecular flexibility index (Phi) is 5.15. The average Bonchev–Trinajstić information content (AvgIpc) is 2.63. The maximum Gasteiger partial charge on any atom is 0.265 e. The van der Waals surface area contributed by atoms with E-state index in [2.05, 4.69) is 5.32 Å². The number of sulfonamides is 1. The monoisotopic (exact) mass is 389 g/mol. The summed E-state index contributed by atoms with van der Waals surface area (Å²) in [4.78, 5) is 25.9. The predicted octanol–water partition coefficient (Wildman–Crippen LogP) is 0.937. The van der Waals surface area contributed by atoms with Gasteiger partial charge in [-0.3, -0.25) is 14.5 Å². The Morgan fingerprint density at radius 1 is 1.22 bits per heavy atom. The van der Waals surface area contributed by atoms with Crippen LogP contribution < -0.4 is 20.1 Å². The van der Waals surface area contributed by atoms with Gasteiger partial charge in [0, 0.05) is 0 Å². The fourth-order valence-electron chi connectivity index (χ4n) is 2.79. The molecule has 9 heteroatoms. The number of rotatable bonds is 5. The van der Waals surface area contributed by atoms with Crippen molar-refractivity contribution in [2.45, 2.75) is 17.9 Å².